The highest BCUT2D eigenvalue weighted by Crippen LogP contribution is 2.10. The normalized spacial score (nSPS) is 16.9. The number of hydrogen-bond donors (Lipinski definition) is 3. The van der Waals surface area contributed by atoms with E-state index in [0.29, 0.717) is 12.5 Å². The van der Waals surface area contributed by atoms with Crippen LogP contribution >= 0.6 is 24.0 Å². The lowest BCUT2D eigenvalue weighted by Crippen LogP contribution is -2.43. The number of nitrogens with one attached hydrogen (secondary N) is 3. The van der Waals surface area contributed by atoms with E-state index in [1.165, 1.54) is 32.4 Å². The quantitative estimate of drug-likeness (QED) is 0.208. The van der Waals surface area contributed by atoms with Gasteiger partial charge in [0.2, 0.25) is 0 Å². The zero-order valence-corrected chi connectivity index (χ0v) is 20.1. The van der Waals surface area contributed by atoms with E-state index in [-0.39, 0.29) is 30.1 Å². The fraction of sp³-hybridized carbons (Fsp3) is 0.895. The molecule has 0 bridgehead atoms. The van der Waals surface area contributed by atoms with Crippen molar-refractivity contribution in [1.29, 1.82) is 0 Å². The molecule has 0 spiro atoms. The molecule has 0 aromatic carbocycles. The second kappa shape index (κ2) is 14.3. The summed E-state index contributed by atoms with van der Waals surface area (Å²) < 4.78 is 5.20. The minimum atomic E-state index is -0.459. The molecule has 0 aliphatic carbocycles. The first-order valence-corrected chi connectivity index (χ1v) is 9.94. The van der Waals surface area contributed by atoms with Crippen LogP contribution in [0.5, 0.6) is 0 Å². The molecule has 8 heteroatoms. The first-order valence-electron chi connectivity index (χ1n) is 9.94. The van der Waals surface area contributed by atoms with Gasteiger partial charge in [0.15, 0.2) is 5.96 Å². The summed E-state index contributed by atoms with van der Waals surface area (Å²) in [5.74, 6) is 1.40. The largest absolute Gasteiger partial charge is 0.444 e. The smallest absolute Gasteiger partial charge is 0.407 e. The second-order valence-corrected chi connectivity index (χ2v) is 8.13. The maximum Gasteiger partial charge on any atom is 0.407 e. The number of ether oxygens (including phenoxy) is 1. The maximum absolute atomic E-state index is 11.6. The highest BCUT2D eigenvalue weighted by Gasteiger charge is 2.15. The molecule has 160 valence electrons. The maximum atomic E-state index is 11.6. The Labute approximate surface area is 182 Å². The van der Waals surface area contributed by atoms with E-state index >= 15 is 0 Å². The van der Waals surface area contributed by atoms with Gasteiger partial charge in [0.1, 0.15) is 5.60 Å². The summed E-state index contributed by atoms with van der Waals surface area (Å²) in [7, 11) is 1.78. The lowest BCUT2D eigenvalue weighted by Gasteiger charge is -2.29. The molecule has 0 aromatic rings. The van der Waals surface area contributed by atoms with Crippen LogP contribution in [-0.2, 0) is 4.74 Å². The molecule has 1 fully saturated rings. The van der Waals surface area contributed by atoms with Gasteiger partial charge in [0.05, 0.1) is 0 Å². The molecule has 0 radical (unpaired) electrons. The summed E-state index contributed by atoms with van der Waals surface area (Å²) in [6.45, 7) is 13.7. The number of halogens is 1. The van der Waals surface area contributed by atoms with Crippen LogP contribution in [0, 0.1) is 5.92 Å². The van der Waals surface area contributed by atoms with Gasteiger partial charge >= 0.3 is 6.09 Å². The van der Waals surface area contributed by atoms with Gasteiger partial charge in [0, 0.05) is 33.2 Å². The summed E-state index contributed by atoms with van der Waals surface area (Å²) >= 11 is 0. The van der Waals surface area contributed by atoms with E-state index in [9.17, 15) is 4.79 Å². The molecule has 27 heavy (non-hydrogen) atoms. The van der Waals surface area contributed by atoms with Crippen LogP contribution in [0.25, 0.3) is 0 Å². The van der Waals surface area contributed by atoms with Gasteiger partial charge < -0.3 is 25.6 Å². The van der Waals surface area contributed by atoms with E-state index in [1.807, 2.05) is 20.8 Å². The molecule has 3 N–H and O–H groups in total. The Morgan fingerprint density at radius 2 is 1.74 bits per heavy atom. The second-order valence-electron chi connectivity index (χ2n) is 8.13. The number of amides is 1. The van der Waals surface area contributed by atoms with Gasteiger partial charge in [-0.3, -0.25) is 4.99 Å². The van der Waals surface area contributed by atoms with Crippen molar-refractivity contribution < 1.29 is 9.53 Å². The zero-order valence-electron chi connectivity index (χ0n) is 17.8. The predicted octanol–water partition coefficient (Wildman–Crippen LogP) is 2.81. The number of hydrogen-bond acceptors (Lipinski definition) is 4. The number of carbonyl (C=O) groups excluding carboxylic acids is 1. The third-order valence-corrected chi connectivity index (χ3v) is 4.17. The molecule has 1 saturated heterocycles. The fourth-order valence-electron chi connectivity index (χ4n) is 2.94. The van der Waals surface area contributed by atoms with Crippen molar-refractivity contribution in [1.82, 2.24) is 20.9 Å². The Hall–Kier alpha value is -0.770. The monoisotopic (exact) mass is 497 g/mol. The number of carbonyl (C=O) groups is 1. The highest BCUT2D eigenvalue weighted by molar-refractivity contribution is 14.0. The average Bonchev–Trinajstić information content (AvgIpc) is 2.56. The standard InChI is InChI=1S/C19H39N5O2.HI/c1-16(15-24-12-7-6-8-13-24)14-23-17(20-5)21-10-9-11-22-18(25)26-19(2,3)4;/h16H,6-15H2,1-5H3,(H,22,25)(H2,20,21,23);1H. The van der Waals surface area contributed by atoms with Gasteiger partial charge in [0.25, 0.3) is 0 Å². The average molecular weight is 497 g/mol. The van der Waals surface area contributed by atoms with E-state index in [1.54, 1.807) is 7.05 Å². The van der Waals surface area contributed by atoms with Crippen molar-refractivity contribution in [2.75, 3.05) is 46.3 Å². The van der Waals surface area contributed by atoms with Crippen LogP contribution in [0.2, 0.25) is 0 Å². The molecular weight excluding hydrogens is 457 g/mol. The van der Waals surface area contributed by atoms with Crippen molar-refractivity contribution in [2.45, 2.75) is 59.0 Å². The van der Waals surface area contributed by atoms with Crippen LogP contribution in [-0.4, -0.2) is 68.9 Å². The number of piperidine rings is 1. The van der Waals surface area contributed by atoms with Crippen molar-refractivity contribution in [3.8, 4) is 0 Å². The first kappa shape index (κ1) is 26.2. The minimum Gasteiger partial charge on any atom is -0.444 e. The summed E-state index contributed by atoms with van der Waals surface area (Å²) in [4.78, 5) is 18.4. The molecular formula is C19H40IN5O2. The summed E-state index contributed by atoms with van der Waals surface area (Å²) in [6.07, 6.45) is 4.49. The Balaban J connectivity index is 0.00000676. The number of alkyl carbamates (subject to hydrolysis) is 1. The highest BCUT2D eigenvalue weighted by atomic mass is 127. The van der Waals surface area contributed by atoms with Crippen LogP contribution < -0.4 is 16.0 Å². The molecule has 1 atom stereocenters. The summed E-state index contributed by atoms with van der Waals surface area (Å²) in [5.41, 5.74) is -0.459. The summed E-state index contributed by atoms with van der Waals surface area (Å²) in [6, 6.07) is 0. The Kier molecular flexibility index (Phi) is 13.9. The minimum absolute atomic E-state index is 0. The van der Waals surface area contributed by atoms with E-state index in [0.717, 1.165) is 32.0 Å². The molecule has 1 heterocycles. The van der Waals surface area contributed by atoms with E-state index < -0.39 is 5.60 Å². The van der Waals surface area contributed by atoms with Crippen LogP contribution in [0.3, 0.4) is 0 Å². The number of rotatable bonds is 8. The van der Waals surface area contributed by atoms with Crippen LogP contribution in [0.15, 0.2) is 4.99 Å². The Morgan fingerprint density at radius 3 is 2.33 bits per heavy atom. The fourth-order valence-corrected chi connectivity index (χ4v) is 2.94. The van der Waals surface area contributed by atoms with Gasteiger partial charge in [-0.15, -0.1) is 24.0 Å². The number of aliphatic imine (C=N–C) groups is 1. The van der Waals surface area contributed by atoms with Crippen LogP contribution in [0.1, 0.15) is 53.4 Å². The SMILES string of the molecule is CN=C(NCCCNC(=O)OC(C)(C)C)NCC(C)CN1CCCCC1.I. The van der Waals surface area contributed by atoms with Crippen molar-refractivity contribution in [2.24, 2.45) is 10.9 Å². The van der Waals surface area contributed by atoms with Crippen molar-refractivity contribution in [3.63, 3.8) is 0 Å². The number of likely N-dealkylation sites (tertiary alicyclic amines) is 1. The number of nitrogens with zero attached hydrogens (tertiary/aromatic N) is 2. The predicted molar refractivity (Wildman–Crippen MR) is 123 cm³/mol. The molecule has 7 nitrogen and oxygen atoms in total. The van der Waals surface area contributed by atoms with E-state index in [4.69, 9.17) is 4.74 Å². The molecule has 0 saturated carbocycles. The third kappa shape index (κ3) is 14.0. The lowest BCUT2D eigenvalue weighted by molar-refractivity contribution is 0.0527. The van der Waals surface area contributed by atoms with Gasteiger partial charge in [-0.2, -0.15) is 0 Å². The molecule has 1 rings (SSSR count). The van der Waals surface area contributed by atoms with Crippen LogP contribution in [0.4, 0.5) is 4.79 Å². The van der Waals surface area contributed by atoms with E-state index in [2.05, 4.69) is 32.8 Å². The Morgan fingerprint density at radius 1 is 1.11 bits per heavy atom. The van der Waals surface area contributed by atoms with Gasteiger partial charge in [-0.05, 0) is 59.0 Å². The van der Waals surface area contributed by atoms with Gasteiger partial charge in [-0.25, -0.2) is 4.79 Å². The van der Waals surface area contributed by atoms with Crippen molar-refractivity contribution >= 4 is 36.0 Å². The van der Waals surface area contributed by atoms with Crippen molar-refractivity contribution in [3.05, 3.63) is 0 Å². The Bertz CT molecular complexity index is 434. The topological polar surface area (TPSA) is 78.0 Å². The first-order chi connectivity index (χ1) is 12.3. The molecule has 1 amide bonds. The lowest BCUT2D eigenvalue weighted by atomic mass is 10.1. The third-order valence-electron chi connectivity index (χ3n) is 4.17. The molecule has 1 aliphatic heterocycles. The zero-order chi connectivity index (χ0) is 19.4. The van der Waals surface area contributed by atoms with Gasteiger partial charge in [-0.1, -0.05) is 13.3 Å². The summed E-state index contributed by atoms with van der Waals surface area (Å²) in [5, 5.41) is 9.43. The molecule has 0 aromatic heterocycles. The molecule has 1 aliphatic rings. The number of guanidine groups is 1. The molecule has 1 unspecified atom stereocenters.